The predicted octanol–water partition coefficient (Wildman–Crippen LogP) is 5.24. The molecule has 0 amide bonds. The quantitative estimate of drug-likeness (QED) is 0.652. The van der Waals surface area contributed by atoms with Gasteiger partial charge in [-0.1, -0.05) is 63.8 Å². The molecule has 0 saturated carbocycles. The molecule has 17 heavy (non-hydrogen) atoms. The molecule has 0 radical (unpaired) electrons. The van der Waals surface area contributed by atoms with Gasteiger partial charge in [-0.2, -0.15) is 0 Å². The van der Waals surface area contributed by atoms with Gasteiger partial charge in [-0.05, 0) is 17.7 Å². The van der Waals surface area contributed by atoms with Gasteiger partial charge < -0.3 is 4.98 Å². The van der Waals surface area contributed by atoms with Crippen LogP contribution in [0.2, 0.25) is 0 Å². The standard InChI is InChI=1S/C16H23N/c1-3-4-5-6-9-13(2)16-15-11-8-7-10-14(15)12-17-16/h7-8,10-13,17H,3-6,9H2,1-2H3. The first kappa shape index (κ1) is 12.2. The predicted molar refractivity (Wildman–Crippen MR) is 75.5 cm³/mol. The average Bonchev–Trinajstić information content (AvgIpc) is 2.78. The van der Waals surface area contributed by atoms with Crippen molar-refractivity contribution in [1.29, 1.82) is 0 Å². The van der Waals surface area contributed by atoms with Crippen molar-refractivity contribution in [1.82, 2.24) is 4.98 Å². The normalized spacial score (nSPS) is 13.1. The first-order chi connectivity index (χ1) is 8.33. The molecule has 1 unspecified atom stereocenters. The van der Waals surface area contributed by atoms with E-state index in [1.54, 1.807) is 0 Å². The van der Waals surface area contributed by atoms with E-state index in [1.165, 1.54) is 48.6 Å². The van der Waals surface area contributed by atoms with Crippen molar-refractivity contribution >= 4 is 10.8 Å². The molecule has 0 fully saturated rings. The van der Waals surface area contributed by atoms with E-state index in [0.717, 1.165) is 0 Å². The first-order valence-corrected chi connectivity index (χ1v) is 6.89. The summed E-state index contributed by atoms with van der Waals surface area (Å²) < 4.78 is 0. The van der Waals surface area contributed by atoms with E-state index in [4.69, 9.17) is 0 Å². The summed E-state index contributed by atoms with van der Waals surface area (Å²) in [6, 6.07) is 8.64. The van der Waals surface area contributed by atoms with E-state index in [1.807, 2.05) is 0 Å². The van der Waals surface area contributed by atoms with Crippen molar-refractivity contribution in [3.8, 4) is 0 Å². The van der Waals surface area contributed by atoms with Crippen LogP contribution in [0.15, 0.2) is 30.5 Å². The third-order valence-electron chi connectivity index (χ3n) is 3.62. The Kier molecular flexibility index (Phi) is 4.24. The minimum atomic E-state index is 0.645. The van der Waals surface area contributed by atoms with Gasteiger partial charge in [0.25, 0.3) is 0 Å². The summed E-state index contributed by atoms with van der Waals surface area (Å²) in [6.07, 6.45) is 8.84. The highest BCUT2D eigenvalue weighted by Gasteiger charge is 2.10. The molecule has 2 rings (SSSR count). The van der Waals surface area contributed by atoms with Gasteiger partial charge in [0.05, 0.1) is 0 Å². The second-order valence-electron chi connectivity index (χ2n) is 5.04. The van der Waals surface area contributed by atoms with Crippen LogP contribution in [0.3, 0.4) is 0 Å². The molecule has 0 aliphatic rings. The number of aromatic nitrogens is 1. The summed E-state index contributed by atoms with van der Waals surface area (Å²) in [6.45, 7) is 4.60. The second-order valence-corrected chi connectivity index (χ2v) is 5.04. The summed E-state index contributed by atoms with van der Waals surface area (Å²) in [5.41, 5.74) is 1.41. The smallest absolute Gasteiger partial charge is 0.0255 e. The zero-order chi connectivity index (χ0) is 12.1. The lowest BCUT2D eigenvalue weighted by Gasteiger charge is -2.10. The van der Waals surface area contributed by atoms with Crippen LogP contribution in [0.4, 0.5) is 0 Å². The van der Waals surface area contributed by atoms with Gasteiger partial charge in [0, 0.05) is 17.3 Å². The van der Waals surface area contributed by atoms with Gasteiger partial charge in [0.15, 0.2) is 0 Å². The van der Waals surface area contributed by atoms with Gasteiger partial charge >= 0.3 is 0 Å². The molecule has 1 aromatic carbocycles. The molecule has 1 aromatic heterocycles. The van der Waals surface area contributed by atoms with Crippen LogP contribution < -0.4 is 0 Å². The molecule has 2 aromatic rings. The fraction of sp³-hybridized carbons (Fsp3) is 0.500. The number of hydrogen-bond acceptors (Lipinski definition) is 0. The minimum absolute atomic E-state index is 0.645. The van der Waals surface area contributed by atoms with Gasteiger partial charge in [-0.25, -0.2) is 0 Å². The van der Waals surface area contributed by atoms with E-state index in [0.29, 0.717) is 5.92 Å². The van der Waals surface area contributed by atoms with Crippen LogP contribution in [0.1, 0.15) is 57.6 Å². The highest BCUT2D eigenvalue weighted by Crippen LogP contribution is 2.28. The van der Waals surface area contributed by atoms with Gasteiger partial charge in [0.1, 0.15) is 0 Å². The van der Waals surface area contributed by atoms with Crippen LogP contribution >= 0.6 is 0 Å². The molecular weight excluding hydrogens is 206 g/mol. The lowest BCUT2D eigenvalue weighted by Crippen LogP contribution is -1.94. The summed E-state index contributed by atoms with van der Waals surface area (Å²) in [5, 5.41) is 2.73. The monoisotopic (exact) mass is 229 g/mol. The Bertz CT molecular complexity index is 455. The molecule has 0 saturated heterocycles. The molecule has 1 heterocycles. The second kappa shape index (κ2) is 5.90. The van der Waals surface area contributed by atoms with E-state index in [2.05, 4.69) is 49.3 Å². The fourth-order valence-electron chi connectivity index (χ4n) is 2.53. The maximum atomic E-state index is 3.45. The third kappa shape index (κ3) is 2.91. The Morgan fingerprint density at radius 2 is 1.94 bits per heavy atom. The molecule has 1 atom stereocenters. The molecule has 1 heteroatoms. The van der Waals surface area contributed by atoms with Crippen LogP contribution in [0.25, 0.3) is 10.8 Å². The summed E-state index contributed by atoms with van der Waals surface area (Å²) in [4.78, 5) is 3.45. The Labute approximate surface area is 104 Å². The molecule has 92 valence electrons. The van der Waals surface area contributed by atoms with E-state index < -0.39 is 0 Å². The number of benzene rings is 1. The molecule has 1 N–H and O–H groups in total. The Balaban J connectivity index is 2.01. The van der Waals surface area contributed by atoms with Crippen molar-refractivity contribution in [2.75, 3.05) is 0 Å². The highest BCUT2D eigenvalue weighted by atomic mass is 14.7. The Hall–Kier alpha value is -1.24. The molecule has 0 aliphatic heterocycles. The molecule has 0 spiro atoms. The van der Waals surface area contributed by atoms with Crippen LogP contribution in [-0.2, 0) is 0 Å². The Morgan fingerprint density at radius 3 is 2.76 bits per heavy atom. The minimum Gasteiger partial charge on any atom is -0.364 e. The first-order valence-electron chi connectivity index (χ1n) is 6.89. The van der Waals surface area contributed by atoms with Crippen molar-refractivity contribution in [3.05, 3.63) is 36.2 Å². The largest absolute Gasteiger partial charge is 0.364 e. The zero-order valence-electron chi connectivity index (χ0n) is 11.0. The number of nitrogens with one attached hydrogen (secondary N) is 1. The number of H-pyrrole nitrogens is 1. The maximum absolute atomic E-state index is 3.45. The third-order valence-corrected chi connectivity index (χ3v) is 3.62. The van der Waals surface area contributed by atoms with Crippen molar-refractivity contribution < 1.29 is 0 Å². The van der Waals surface area contributed by atoms with Crippen LogP contribution in [0, 0.1) is 0 Å². The summed E-state index contributed by atoms with van der Waals surface area (Å²) in [5.74, 6) is 0.645. The number of rotatable bonds is 6. The number of aromatic amines is 1. The van der Waals surface area contributed by atoms with Gasteiger partial charge in [0.2, 0.25) is 0 Å². The van der Waals surface area contributed by atoms with E-state index >= 15 is 0 Å². The average molecular weight is 229 g/mol. The lowest BCUT2D eigenvalue weighted by molar-refractivity contribution is 0.575. The summed E-state index contributed by atoms with van der Waals surface area (Å²) in [7, 11) is 0. The SMILES string of the molecule is CCCCCCC(C)c1[nH]cc2ccccc12. The van der Waals surface area contributed by atoms with Crippen LogP contribution in [-0.4, -0.2) is 4.98 Å². The zero-order valence-corrected chi connectivity index (χ0v) is 11.0. The van der Waals surface area contributed by atoms with Crippen molar-refractivity contribution in [2.24, 2.45) is 0 Å². The maximum Gasteiger partial charge on any atom is 0.0255 e. The number of fused-ring (bicyclic) bond motifs is 1. The molecular formula is C16H23N. The molecule has 1 nitrogen and oxygen atoms in total. The molecule has 0 bridgehead atoms. The highest BCUT2D eigenvalue weighted by molar-refractivity contribution is 5.85. The van der Waals surface area contributed by atoms with E-state index in [9.17, 15) is 0 Å². The van der Waals surface area contributed by atoms with E-state index in [-0.39, 0.29) is 0 Å². The van der Waals surface area contributed by atoms with Crippen molar-refractivity contribution in [3.63, 3.8) is 0 Å². The molecule has 0 aliphatic carbocycles. The number of hydrogen-bond donors (Lipinski definition) is 1. The summed E-state index contributed by atoms with van der Waals surface area (Å²) >= 11 is 0. The van der Waals surface area contributed by atoms with Gasteiger partial charge in [-0.3, -0.25) is 0 Å². The van der Waals surface area contributed by atoms with Crippen molar-refractivity contribution in [2.45, 2.75) is 51.9 Å². The topological polar surface area (TPSA) is 15.8 Å². The number of unbranched alkanes of at least 4 members (excludes halogenated alkanes) is 3. The van der Waals surface area contributed by atoms with Gasteiger partial charge in [-0.15, -0.1) is 0 Å². The lowest BCUT2D eigenvalue weighted by atomic mass is 9.97. The Morgan fingerprint density at radius 1 is 1.12 bits per heavy atom. The van der Waals surface area contributed by atoms with Crippen LogP contribution in [0.5, 0.6) is 0 Å². The fourth-order valence-corrected chi connectivity index (χ4v) is 2.53.